The number of aromatic nitrogens is 2. The van der Waals surface area contributed by atoms with Gasteiger partial charge in [0.05, 0.1) is 19.9 Å². The standard InChI is InChI=1S/C23H26N4O3/c1-29-21-9-5-3-7-19(21)22-15-27(14-18-6-2-4-8-20(18)30-22)16-23(28)24-11-10-17-12-25-26-13-17/h2-9,12-13,22H,10-11,14-16H2,1H3,(H,24,28)(H,25,26)/t22-/m1/s1. The molecule has 2 aromatic carbocycles. The molecule has 1 aliphatic rings. The molecule has 3 aromatic rings. The lowest BCUT2D eigenvalue weighted by Crippen LogP contribution is -2.39. The van der Waals surface area contributed by atoms with Crippen molar-refractivity contribution < 1.29 is 14.3 Å². The lowest BCUT2D eigenvalue weighted by Gasteiger charge is -2.24. The van der Waals surface area contributed by atoms with E-state index in [-0.39, 0.29) is 12.0 Å². The predicted octanol–water partition coefficient (Wildman–Crippen LogP) is 2.71. The summed E-state index contributed by atoms with van der Waals surface area (Å²) >= 11 is 0. The van der Waals surface area contributed by atoms with E-state index in [0.29, 0.717) is 26.2 Å². The number of fused-ring (bicyclic) bond motifs is 1. The molecule has 0 saturated heterocycles. The third kappa shape index (κ3) is 4.80. The van der Waals surface area contributed by atoms with Gasteiger partial charge in [-0.1, -0.05) is 36.4 Å². The highest BCUT2D eigenvalue weighted by Crippen LogP contribution is 2.34. The topological polar surface area (TPSA) is 79.5 Å². The zero-order valence-electron chi connectivity index (χ0n) is 17.0. The Labute approximate surface area is 176 Å². The molecule has 0 unspecified atom stereocenters. The molecule has 2 N–H and O–H groups in total. The number of ether oxygens (including phenoxy) is 2. The predicted molar refractivity (Wildman–Crippen MR) is 113 cm³/mol. The quantitative estimate of drug-likeness (QED) is 0.631. The molecule has 1 aromatic heterocycles. The van der Waals surface area contributed by atoms with E-state index in [1.807, 2.05) is 54.7 Å². The first kappa shape index (κ1) is 20.0. The molecule has 7 nitrogen and oxygen atoms in total. The second kappa shape index (κ2) is 9.45. The Hall–Kier alpha value is -3.32. The number of aromatic amines is 1. The molecule has 0 fully saturated rings. The van der Waals surface area contributed by atoms with Crippen LogP contribution in [0.5, 0.6) is 11.5 Å². The Morgan fingerprint density at radius 1 is 1.27 bits per heavy atom. The maximum Gasteiger partial charge on any atom is 0.234 e. The van der Waals surface area contributed by atoms with E-state index >= 15 is 0 Å². The molecule has 1 amide bonds. The molecule has 4 rings (SSSR count). The summed E-state index contributed by atoms with van der Waals surface area (Å²) in [5.74, 6) is 1.62. The number of para-hydroxylation sites is 2. The Morgan fingerprint density at radius 3 is 2.93 bits per heavy atom. The minimum Gasteiger partial charge on any atom is -0.496 e. The molecule has 1 aliphatic heterocycles. The van der Waals surface area contributed by atoms with Crippen molar-refractivity contribution in [2.45, 2.75) is 19.1 Å². The minimum atomic E-state index is -0.233. The number of benzene rings is 2. The molecule has 0 saturated carbocycles. The van der Waals surface area contributed by atoms with Gasteiger partial charge in [0.15, 0.2) is 0 Å². The number of nitrogens with zero attached hydrogens (tertiary/aromatic N) is 2. The summed E-state index contributed by atoms with van der Waals surface area (Å²) in [4.78, 5) is 14.7. The van der Waals surface area contributed by atoms with Gasteiger partial charge in [0.1, 0.15) is 17.6 Å². The number of carbonyl (C=O) groups is 1. The van der Waals surface area contributed by atoms with Gasteiger partial charge in [0.2, 0.25) is 5.91 Å². The van der Waals surface area contributed by atoms with Gasteiger partial charge in [-0.15, -0.1) is 0 Å². The van der Waals surface area contributed by atoms with Crippen LogP contribution < -0.4 is 14.8 Å². The molecule has 30 heavy (non-hydrogen) atoms. The third-order valence-electron chi connectivity index (χ3n) is 5.20. The highest BCUT2D eigenvalue weighted by molar-refractivity contribution is 5.78. The highest BCUT2D eigenvalue weighted by Gasteiger charge is 2.27. The molecular formula is C23H26N4O3. The fourth-order valence-corrected chi connectivity index (χ4v) is 3.71. The summed E-state index contributed by atoms with van der Waals surface area (Å²) in [6, 6.07) is 15.9. The van der Waals surface area contributed by atoms with Gasteiger partial charge in [-0.25, -0.2) is 0 Å². The van der Waals surface area contributed by atoms with E-state index in [9.17, 15) is 4.79 Å². The fraction of sp³-hybridized carbons (Fsp3) is 0.304. The number of amides is 1. The van der Waals surface area contributed by atoms with Gasteiger partial charge in [-0.3, -0.25) is 14.8 Å². The lowest BCUT2D eigenvalue weighted by molar-refractivity contribution is -0.122. The molecule has 0 aliphatic carbocycles. The summed E-state index contributed by atoms with van der Waals surface area (Å²) in [6.07, 6.45) is 4.13. The first-order chi connectivity index (χ1) is 14.7. The largest absolute Gasteiger partial charge is 0.496 e. The summed E-state index contributed by atoms with van der Waals surface area (Å²) in [5, 5.41) is 9.71. The van der Waals surface area contributed by atoms with Crippen molar-refractivity contribution in [1.82, 2.24) is 20.4 Å². The van der Waals surface area contributed by atoms with Crippen LogP contribution in [0.15, 0.2) is 60.9 Å². The zero-order chi connectivity index (χ0) is 20.8. The van der Waals surface area contributed by atoms with Crippen LogP contribution in [0.25, 0.3) is 0 Å². The average Bonchev–Trinajstić information content (AvgIpc) is 3.21. The highest BCUT2D eigenvalue weighted by atomic mass is 16.5. The van der Waals surface area contributed by atoms with Crippen molar-refractivity contribution in [2.24, 2.45) is 0 Å². The maximum absolute atomic E-state index is 12.6. The number of hydrogen-bond acceptors (Lipinski definition) is 5. The van der Waals surface area contributed by atoms with Crippen LogP contribution in [0.2, 0.25) is 0 Å². The van der Waals surface area contributed by atoms with Gasteiger partial charge in [-0.2, -0.15) is 5.10 Å². The zero-order valence-corrected chi connectivity index (χ0v) is 17.0. The normalized spacial score (nSPS) is 16.2. The molecule has 2 heterocycles. The Bertz CT molecular complexity index is 974. The SMILES string of the molecule is COc1ccccc1[C@H]1CN(CC(=O)NCCc2cn[nH]c2)Cc2ccccc2O1. The van der Waals surface area contributed by atoms with E-state index in [2.05, 4.69) is 20.4 Å². The molecule has 156 valence electrons. The number of nitrogens with one attached hydrogen (secondary N) is 2. The van der Waals surface area contributed by atoms with Gasteiger partial charge in [0, 0.05) is 37.0 Å². The Balaban J connectivity index is 1.47. The van der Waals surface area contributed by atoms with Crippen molar-refractivity contribution in [3.05, 3.63) is 77.6 Å². The van der Waals surface area contributed by atoms with Gasteiger partial charge in [0.25, 0.3) is 0 Å². The summed E-state index contributed by atoms with van der Waals surface area (Å²) in [7, 11) is 1.66. The van der Waals surface area contributed by atoms with Crippen LogP contribution >= 0.6 is 0 Å². The Kier molecular flexibility index (Phi) is 6.29. The monoisotopic (exact) mass is 406 g/mol. The fourth-order valence-electron chi connectivity index (χ4n) is 3.71. The van der Waals surface area contributed by atoms with E-state index in [0.717, 1.165) is 34.6 Å². The van der Waals surface area contributed by atoms with Crippen LogP contribution in [-0.4, -0.2) is 47.7 Å². The molecule has 0 spiro atoms. The summed E-state index contributed by atoms with van der Waals surface area (Å²) in [5.41, 5.74) is 3.12. The molecule has 1 atom stereocenters. The van der Waals surface area contributed by atoms with Crippen molar-refractivity contribution in [3.8, 4) is 11.5 Å². The van der Waals surface area contributed by atoms with Crippen LogP contribution in [0.3, 0.4) is 0 Å². The van der Waals surface area contributed by atoms with E-state index in [1.165, 1.54) is 0 Å². The number of methoxy groups -OCH3 is 1. The second-order valence-electron chi connectivity index (χ2n) is 7.33. The molecule has 7 heteroatoms. The molecular weight excluding hydrogens is 380 g/mol. The second-order valence-corrected chi connectivity index (χ2v) is 7.33. The van der Waals surface area contributed by atoms with Crippen LogP contribution in [0.1, 0.15) is 22.8 Å². The summed E-state index contributed by atoms with van der Waals surface area (Å²) < 4.78 is 11.9. The van der Waals surface area contributed by atoms with Gasteiger partial charge < -0.3 is 14.8 Å². The van der Waals surface area contributed by atoms with Crippen molar-refractivity contribution >= 4 is 5.91 Å². The lowest BCUT2D eigenvalue weighted by atomic mass is 10.1. The Morgan fingerprint density at radius 2 is 2.10 bits per heavy atom. The van der Waals surface area contributed by atoms with Crippen LogP contribution in [-0.2, 0) is 17.8 Å². The van der Waals surface area contributed by atoms with Crippen LogP contribution in [0, 0.1) is 0 Å². The van der Waals surface area contributed by atoms with Crippen molar-refractivity contribution in [2.75, 3.05) is 26.7 Å². The van der Waals surface area contributed by atoms with Crippen molar-refractivity contribution in [1.29, 1.82) is 0 Å². The molecule has 0 bridgehead atoms. The number of rotatable bonds is 7. The summed E-state index contributed by atoms with van der Waals surface area (Å²) in [6.45, 7) is 2.12. The van der Waals surface area contributed by atoms with Gasteiger partial charge in [-0.05, 0) is 24.1 Å². The van der Waals surface area contributed by atoms with E-state index in [1.54, 1.807) is 13.3 Å². The van der Waals surface area contributed by atoms with Crippen molar-refractivity contribution in [3.63, 3.8) is 0 Å². The third-order valence-corrected chi connectivity index (χ3v) is 5.20. The first-order valence-corrected chi connectivity index (χ1v) is 10.1. The maximum atomic E-state index is 12.6. The molecule has 0 radical (unpaired) electrons. The number of hydrogen-bond donors (Lipinski definition) is 2. The number of carbonyl (C=O) groups excluding carboxylic acids is 1. The van der Waals surface area contributed by atoms with Gasteiger partial charge >= 0.3 is 0 Å². The average molecular weight is 406 g/mol. The minimum absolute atomic E-state index is 0.00310. The van der Waals surface area contributed by atoms with E-state index in [4.69, 9.17) is 9.47 Å². The van der Waals surface area contributed by atoms with E-state index < -0.39 is 0 Å². The number of H-pyrrole nitrogens is 1. The van der Waals surface area contributed by atoms with Crippen LogP contribution in [0.4, 0.5) is 0 Å². The first-order valence-electron chi connectivity index (χ1n) is 10.1. The smallest absolute Gasteiger partial charge is 0.234 e.